The van der Waals surface area contributed by atoms with Gasteiger partial charge in [0, 0.05) is 29.9 Å². The Hall–Kier alpha value is -5.99. The summed E-state index contributed by atoms with van der Waals surface area (Å²) in [5.41, 5.74) is 11.9. The topological polar surface area (TPSA) is 114 Å². The fraction of sp³-hybridized carbons (Fsp3) is 0.125. The van der Waals surface area contributed by atoms with Crippen LogP contribution in [0.4, 0.5) is 5.69 Å². The number of methoxy groups -OCH3 is 1. The lowest BCUT2D eigenvalue weighted by Crippen LogP contribution is -2.40. The van der Waals surface area contributed by atoms with E-state index in [0.717, 1.165) is 33.6 Å². The molecular formula is C40H38N4O4. The average molecular weight is 639 g/mol. The summed E-state index contributed by atoms with van der Waals surface area (Å²) in [6, 6.07) is 39.5. The molecule has 0 atom stereocenters. The summed E-state index contributed by atoms with van der Waals surface area (Å²) in [4.78, 5) is 40.8. The first-order valence-electron chi connectivity index (χ1n) is 15.7. The van der Waals surface area contributed by atoms with E-state index < -0.39 is 0 Å². The Kier molecular flexibility index (Phi) is 11.5. The Labute approximate surface area is 280 Å². The van der Waals surface area contributed by atoms with Crippen LogP contribution in [0.25, 0.3) is 23.3 Å². The number of amides is 3. The van der Waals surface area contributed by atoms with Gasteiger partial charge in [-0.3, -0.25) is 14.4 Å². The molecule has 0 saturated carbocycles. The summed E-state index contributed by atoms with van der Waals surface area (Å²) >= 11 is 0. The lowest BCUT2D eigenvalue weighted by Gasteiger charge is -2.24. The number of nitrogens with zero attached hydrogens (tertiary/aromatic N) is 1. The Balaban J connectivity index is 1.35. The maximum absolute atomic E-state index is 13.7. The summed E-state index contributed by atoms with van der Waals surface area (Å²) in [6.45, 7) is 0.856. The van der Waals surface area contributed by atoms with Crippen LogP contribution >= 0.6 is 0 Å². The summed E-state index contributed by atoms with van der Waals surface area (Å²) in [5.74, 6) is 0.0383. The molecule has 8 nitrogen and oxygen atoms in total. The minimum atomic E-state index is -0.318. The van der Waals surface area contributed by atoms with Gasteiger partial charge in [-0.25, -0.2) is 0 Å². The lowest BCUT2D eigenvalue weighted by molar-refractivity contribution is -0.117. The highest BCUT2D eigenvalue weighted by atomic mass is 16.5. The Morgan fingerprint density at radius 1 is 0.708 bits per heavy atom. The number of carbonyl (C=O) groups excluding carboxylic acids is 3. The number of rotatable bonds is 13. The maximum atomic E-state index is 13.7. The first-order chi connectivity index (χ1) is 23.4. The highest BCUT2D eigenvalue weighted by molar-refractivity contribution is 6.01. The van der Waals surface area contributed by atoms with E-state index in [1.807, 2.05) is 109 Å². The fourth-order valence-electron chi connectivity index (χ4n) is 5.13. The van der Waals surface area contributed by atoms with Gasteiger partial charge in [-0.15, -0.1) is 0 Å². The lowest BCUT2D eigenvalue weighted by atomic mass is 9.98. The Morgan fingerprint density at radius 2 is 1.33 bits per heavy atom. The summed E-state index contributed by atoms with van der Waals surface area (Å²) < 4.78 is 5.24. The van der Waals surface area contributed by atoms with Crippen molar-refractivity contribution in [1.82, 2.24) is 10.6 Å². The van der Waals surface area contributed by atoms with Crippen LogP contribution in [0.15, 0.2) is 127 Å². The number of anilines is 1. The summed E-state index contributed by atoms with van der Waals surface area (Å²) in [5, 5.41) is 5.59. The van der Waals surface area contributed by atoms with Gasteiger partial charge in [-0.05, 0) is 70.3 Å². The number of nitrogens with two attached hydrogens (primary N) is 1. The zero-order valence-corrected chi connectivity index (χ0v) is 26.8. The van der Waals surface area contributed by atoms with Crippen LogP contribution in [0.5, 0.6) is 5.75 Å². The van der Waals surface area contributed by atoms with E-state index in [9.17, 15) is 14.4 Å². The van der Waals surface area contributed by atoms with Crippen molar-refractivity contribution in [2.75, 3.05) is 31.6 Å². The van der Waals surface area contributed by atoms with Gasteiger partial charge in [0.15, 0.2) is 0 Å². The second-order valence-electron chi connectivity index (χ2n) is 11.0. The molecule has 0 aliphatic rings. The molecule has 0 unspecified atom stereocenters. The average Bonchev–Trinajstić information content (AvgIpc) is 3.15. The quantitative estimate of drug-likeness (QED) is 0.133. The highest BCUT2D eigenvalue weighted by Gasteiger charge is 2.18. The van der Waals surface area contributed by atoms with E-state index in [1.165, 1.54) is 0 Å². The molecule has 48 heavy (non-hydrogen) atoms. The van der Waals surface area contributed by atoms with Gasteiger partial charge in [0.2, 0.25) is 5.91 Å². The SMILES string of the molecule is COc1ccc(/C=C/c2ccc(N(Cc3ccc(-c4ccccc4C(=O)NCCN)cc3)C(=O)CNC(=O)c3ccccc3)cc2)cc1. The molecule has 0 heterocycles. The van der Waals surface area contributed by atoms with Crippen molar-refractivity contribution in [2.45, 2.75) is 6.54 Å². The molecule has 0 radical (unpaired) electrons. The van der Waals surface area contributed by atoms with E-state index >= 15 is 0 Å². The van der Waals surface area contributed by atoms with E-state index in [1.54, 1.807) is 42.3 Å². The molecule has 0 bridgehead atoms. The van der Waals surface area contributed by atoms with Crippen LogP contribution in [0.3, 0.4) is 0 Å². The molecule has 5 aromatic rings. The van der Waals surface area contributed by atoms with Crippen molar-refractivity contribution in [3.8, 4) is 16.9 Å². The minimum Gasteiger partial charge on any atom is -0.497 e. The van der Waals surface area contributed by atoms with Crippen molar-refractivity contribution in [3.63, 3.8) is 0 Å². The van der Waals surface area contributed by atoms with E-state index in [-0.39, 0.29) is 30.8 Å². The van der Waals surface area contributed by atoms with Crippen molar-refractivity contribution < 1.29 is 19.1 Å². The zero-order chi connectivity index (χ0) is 33.7. The second-order valence-corrected chi connectivity index (χ2v) is 11.0. The molecule has 5 rings (SSSR count). The number of ether oxygens (including phenoxy) is 1. The van der Waals surface area contributed by atoms with Crippen LogP contribution in [-0.4, -0.2) is 44.5 Å². The number of benzene rings is 5. The second kappa shape index (κ2) is 16.5. The molecule has 0 spiro atoms. The molecule has 8 heteroatoms. The third kappa shape index (κ3) is 8.84. The zero-order valence-electron chi connectivity index (χ0n) is 26.8. The van der Waals surface area contributed by atoms with Gasteiger partial charge in [0.05, 0.1) is 20.2 Å². The molecule has 0 saturated heterocycles. The Bertz CT molecular complexity index is 1850. The van der Waals surface area contributed by atoms with E-state index in [4.69, 9.17) is 10.5 Å². The fourth-order valence-corrected chi connectivity index (χ4v) is 5.13. The van der Waals surface area contributed by atoms with Crippen molar-refractivity contribution in [2.24, 2.45) is 5.73 Å². The number of nitrogens with one attached hydrogen (secondary N) is 2. The van der Waals surface area contributed by atoms with Crippen molar-refractivity contribution in [3.05, 3.63) is 155 Å². The molecular weight excluding hydrogens is 600 g/mol. The van der Waals surface area contributed by atoms with Crippen LogP contribution in [0, 0.1) is 0 Å². The molecule has 0 aliphatic heterocycles. The smallest absolute Gasteiger partial charge is 0.251 e. The van der Waals surface area contributed by atoms with Gasteiger partial charge < -0.3 is 26.0 Å². The third-order valence-electron chi connectivity index (χ3n) is 7.73. The minimum absolute atomic E-state index is 0.170. The van der Waals surface area contributed by atoms with Crippen molar-refractivity contribution >= 4 is 35.6 Å². The van der Waals surface area contributed by atoms with E-state index in [0.29, 0.717) is 29.9 Å². The highest BCUT2D eigenvalue weighted by Crippen LogP contribution is 2.26. The molecule has 3 amide bonds. The Morgan fingerprint density at radius 3 is 1.98 bits per heavy atom. The molecule has 0 fully saturated rings. The third-order valence-corrected chi connectivity index (χ3v) is 7.73. The molecule has 0 aliphatic carbocycles. The van der Waals surface area contributed by atoms with Crippen LogP contribution < -0.4 is 26.0 Å². The first kappa shape index (κ1) is 33.4. The number of hydrogen-bond donors (Lipinski definition) is 3. The van der Waals surface area contributed by atoms with Gasteiger partial charge in [-0.2, -0.15) is 0 Å². The maximum Gasteiger partial charge on any atom is 0.251 e. The van der Waals surface area contributed by atoms with Crippen molar-refractivity contribution in [1.29, 1.82) is 0 Å². The van der Waals surface area contributed by atoms with Crippen LogP contribution in [-0.2, 0) is 11.3 Å². The number of carbonyl (C=O) groups is 3. The van der Waals surface area contributed by atoms with E-state index in [2.05, 4.69) is 10.6 Å². The predicted molar refractivity (Wildman–Crippen MR) is 192 cm³/mol. The number of hydrogen-bond acceptors (Lipinski definition) is 5. The van der Waals surface area contributed by atoms with Gasteiger partial charge in [0.25, 0.3) is 11.8 Å². The largest absolute Gasteiger partial charge is 0.497 e. The first-order valence-corrected chi connectivity index (χ1v) is 15.7. The monoisotopic (exact) mass is 638 g/mol. The van der Waals surface area contributed by atoms with Gasteiger partial charge >= 0.3 is 0 Å². The molecule has 242 valence electrons. The van der Waals surface area contributed by atoms with Gasteiger partial charge in [0.1, 0.15) is 5.75 Å². The standard InChI is InChI=1S/C40H38N4O4/c1-48-35-23-17-30(18-24-35)12-11-29-15-21-34(22-16-29)44(38(45)27-43-39(46)33-7-3-2-4-8-33)28-31-13-19-32(20-14-31)36-9-5-6-10-37(36)40(47)42-26-25-41/h2-24H,25-28,41H2,1H3,(H,42,47)(H,43,46)/b12-11+. The summed E-state index contributed by atoms with van der Waals surface area (Å²) in [7, 11) is 1.64. The summed E-state index contributed by atoms with van der Waals surface area (Å²) in [6.07, 6.45) is 4.02. The van der Waals surface area contributed by atoms with Crippen LogP contribution in [0.2, 0.25) is 0 Å². The molecule has 4 N–H and O–H groups in total. The molecule has 0 aromatic heterocycles. The predicted octanol–water partition coefficient (Wildman–Crippen LogP) is 6.18. The normalized spacial score (nSPS) is 10.8. The van der Waals surface area contributed by atoms with Crippen LogP contribution in [0.1, 0.15) is 37.4 Å². The molecule has 5 aromatic carbocycles. The van der Waals surface area contributed by atoms with Gasteiger partial charge in [-0.1, -0.05) is 97.1 Å².